The van der Waals surface area contributed by atoms with Crippen molar-refractivity contribution in [2.75, 3.05) is 31.5 Å². The van der Waals surface area contributed by atoms with E-state index in [1.54, 1.807) is 24.3 Å². The van der Waals surface area contributed by atoms with Gasteiger partial charge in [-0.15, -0.1) is 0 Å². The summed E-state index contributed by atoms with van der Waals surface area (Å²) in [6, 6.07) is 6.94. The lowest BCUT2D eigenvalue weighted by atomic mass is 9.98. The van der Waals surface area contributed by atoms with E-state index in [2.05, 4.69) is 29.4 Å². The van der Waals surface area contributed by atoms with E-state index in [9.17, 15) is 9.59 Å². The van der Waals surface area contributed by atoms with E-state index < -0.39 is 5.54 Å². The molecule has 0 aliphatic heterocycles. The molecule has 2 amide bonds. The highest BCUT2D eigenvalue weighted by Gasteiger charge is 2.36. The van der Waals surface area contributed by atoms with Crippen molar-refractivity contribution in [1.29, 1.82) is 0 Å². The molecule has 0 saturated heterocycles. The fourth-order valence-electron chi connectivity index (χ4n) is 3.16. The van der Waals surface area contributed by atoms with Crippen LogP contribution < -0.4 is 16.4 Å². The van der Waals surface area contributed by atoms with Crippen LogP contribution in [0.1, 0.15) is 49.9 Å². The topological polar surface area (TPSA) is 87.5 Å². The van der Waals surface area contributed by atoms with Gasteiger partial charge < -0.3 is 21.3 Å². The Morgan fingerprint density at radius 2 is 1.72 bits per heavy atom. The van der Waals surface area contributed by atoms with Crippen LogP contribution in [0.15, 0.2) is 24.3 Å². The highest BCUT2D eigenvalue weighted by Crippen LogP contribution is 2.28. The van der Waals surface area contributed by atoms with Gasteiger partial charge >= 0.3 is 0 Å². The van der Waals surface area contributed by atoms with Crippen molar-refractivity contribution in [1.82, 2.24) is 10.2 Å². The largest absolute Gasteiger partial charge is 0.351 e. The van der Waals surface area contributed by atoms with E-state index in [4.69, 9.17) is 5.73 Å². The number of anilines is 1. The molecular formula is C19H30N4O2. The van der Waals surface area contributed by atoms with E-state index >= 15 is 0 Å². The fraction of sp³-hybridized carbons (Fsp3) is 0.579. The van der Waals surface area contributed by atoms with Crippen molar-refractivity contribution in [3.63, 3.8) is 0 Å². The lowest BCUT2D eigenvalue weighted by molar-refractivity contribution is -0.121. The van der Waals surface area contributed by atoms with Crippen LogP contribution in [-0.2, 0) is 4.79 Å². The van der Waals surface area contributed by atoms with Crippen LogP contribution in [0.3, 0.4) is 0 Å². The molecule has 1 aromatic rings. The second-order valence-electron chi connectivity index (χ2n) is 6.68. The van der Waals surface area contributed by atoms with Crippen LogP contribution in [0.5, 0.6) is 0 Å². The van der Waals surface area contributed by atoms with Crippen molar-refractivity contribution in [2.24, 2.45) is 5.73 Å². The molecule has 1 aliphatic carbocycles. The molecule has 25 heavy (non-hydrogen) atoms. The molecule has 4 N–H and O–H groups in total. The van der Waals surface area contributed by atoms with Gasteiger partial charge in [0, 0.05) is 24.3 Å². The number of hydrogen-bond acceptors (Lipinski definition) is 4. The second-order valence-corrected chi connectivity index (χ2v) is 6.68. The Morgan fingerprint density at radius 1 is 1.12 bits per heavy atom. The highest BCUT2D eigenvalue weighted by molar-refractivity contribution is 5.99. The maximum absolute atomic E-state index is 12.3. The Labute approximate surface area is 150 Å². The Morgan fingerprint density at radius 3 is 2.28 bits per heavy atom. The number of nitrogens with zero attached hydrogens (tertiary/aromatic N) is 1. The van der Waals surface area contributed by atoms with Crippen molar-refractivity contribution in [2.45, 2.75) is 45.1 Å². The average molecular weight is 346 g/mol. The molecule has 1 fully saturated rings. The van der Waals surface area contributed by atoms with Crippen LogP contribution in [0.25, 0.3) is 0 Å². The van der Waals surface area contributed by atoms with Gasteiger partial charge in [0.25, 0.3) is 5.91 Å². The minimum absolute atomic E-state index is 0.101. The molecule has 6 heteroatoms. The third-order valence-corrected chi connectivity index (χ3v) is 4.96. The van der Waals surface area contributed by atoms with Gasteiger partial charge in [0.1, 0.15) is 0 Å². The average Bonchev–Trinajstić information content (AvgIpc) is 3.07. The van der Waals surface area contributed by atoms with Crippen molar-refractivity contribution in [3.05, 3.63) is 29.8 Å². The number of nitrogens with two attached hydrogens (primary N) is 1. The maximum atomic E-state index is 12.3. The van der Waals surface area contributed by atoms with Crippen LogP contribution in [0.4, 0.5) is 5.69 Å². The zero-order valence-electron chi connectivity index (χ0n) is 15.3. The first-order valence-corrected chi connectivity index (χ1v) is 9.19. The molecule has 138 valence electrons. The van der Waals surface area contributed by atoms with Gasteiger partial charge in [0.05, 0.1) is 5.54 Å². The number of benzene rings is 1. The lowest BCUT2D eigenvalue weighted by Gasteiger charge is -2.22. The molecule has 0 heterocycles. The maximum Gasteiger partial charge on any atom is 0.251 e. The molecule has 0 bridgehead atoms. The number of rotatable bonds is 8. The summed E-state index contributed by atoms with van der Waals surface area (Å²) in [7, 11) is 0. The highest BCUT2D eigenvalue weighted by atomic mass is 16.2. The zero-order valence-corrected chi connectivity index (χ0v) is 15.3. The first kappa shape index (κ1) is 19.4. The molecule has 2 rings (SSSR count). The summed E-state index contributed by atoms with van der Waals surface area (Å²) >= 11 is 0. The van der Waals surface area contributed by atoms with Gasteiger partial charge in [0.15, 0.2) is 0 Å². The van der Waals surface area contributed by atoms with Crippen LogP contribution in [0, 0.1) is 0 Å². The standard InChI is InChI=1S/C19H30N4O2/c1-3-23(4-2)14-13-21-17(24)15-7-9-16(10-8-15)22-18(25)19(20)11-5-6-12-19/h7-10H,3-6,11-14,20H2,1-2H3,(H,21,24)(H,22,25). The molecule has 0 aromatic heterocycles. The molecule has 0 radical (unpaired) electrons. The third kappa shape index (κ3) is 5.28. The number of nitrogens with one attached hydrogen (secondary N) is 2. The van der Waals surface area contributed by atoms with Gasteiger partial charge in [-0.25, -0.2) is 0 Å². The first-order chi connectivity index (χ1) is 12.0. The van der Waals surface area contributed by atoms with Crippen LogP contribution >= 0.6 is 0 Å². The summed E-state index contributed by atoms with van der Waals surface area (Å²) in [5, 5.41) is 5.78. The number of carbonyl (C=O) groups is 2. The number of amides is 2. The monoisotopic (exact) mass is 346 g/mol. The van der Waals surface area contributed by atoms with E-state index in [0.717, 1.165) is 45.3 Å². The van der Waals surface area contributed by atoms with Crippen molar-refractivity contribution >= 4 is 17.5 Å². The summed E-state index contributed by atoms with van der Waals surface area (Å²) in [5.74, 6) is -0.238. The predicted octanol–water partition coefficient (Wildman–Crippen LogP) is 1.97. The van der Waals surface area contributed by atoms with Gasteiger partial charge in [-0.3, -0.25) is 9.59 Å². The Balaban J connectivity index is 1.84. The Bertz CT molecular complexity index is 576. The Hall–Kier alpha value is -1.92. The third-order valence-electron chi connectivity index (χ3n) is 4.96. The van der Waals surface area contributed by atoms with E-state index in [1.165, 1.54) is 0 Å². The van der Waals surface area contributed by atoms with Crippen molar-refractivity contribution < 1.29 is 9.59 Å². The van der Waals surface area contributed by atoms with Gasteiger partial charge in [-0.1, -0.05) is 26.7 Å². The first-order valence-electron chi connectivity index (χ1n) is 9.19. The number of hydrogen-bond donors (Lipinski definition) is 3. The predicted molar refractivity (Wildman–Crippen MR) is 101 cm³/mol. The van der Waals surface area contributed by atoms with Gasteiger partial charge in [-0.05, 0) is 50.2 Å². The van der Waals surface area contributed by atoms with Crippen LogP contribution in [0.2, 0.25) is 0 Å². The second kappa shape index (κ2) is 8.97. The van der Waals surface area contributed by atoms with Gasteiger partial charge in [0.2, 0.25) is 5.91 Å². The van der Waals surface area contributed by atoms with E-state index in [0.29, 0.717) is 17.8 Å². The zero-order chi connectivity index (χ0) is 18.3. The van der Waals surface area contributed by atoms with Gasteiger partial charge in [-0.2, -0.15) is 0 Å². The quantitative estimate of drug-likeness (QED) is 0.671. The molecule has 0 atom stereocenters. The van der Waals surface area contributed by atoms with Crippen molar-refractivity contribution in [3.8, 4) is 0 Å². The number of carbonyl (C=O) groups excluding carboxylic acids is 2. The Kier molecular flexibility index (Phi) is 6.96. The molecule has 1 aromatic carbocycles. The number of likely N-dealkylation sites (N-methyl/N-ethyl adjacent to an activating group) is 1. The smallest absolute Gasteiger partial charge is 0.251 e. The molecular weight excluding hydrogens is 316 g/mol. The van der Waals surface area contributed by atoms with E-state index in [1.807, 2.05) is 0 Å². The molecule has 1 saturated carbocycles. The molecule has 0 unspecified atom stereocenters. The summed E-state index contributed by atoms with van der Waals surface area (Å²) in [6.45, 7) is 7.62. The summed E-state index contributed by atoms with van der Waals surface area (Å²) < 4.78 is 0. The minimum Gasteiger partial charge on any atom is -0.351 e. The molecule has 0 spiro atoms. The van der Waals surface area contributed by atoms with E-state index in [-0.39, 0.29) is 11.8 Å². The van der Waals surface area contributed by atoms with Crippen LogP contribution in [-0.4, -0.2) is 48.4 Å². The summed E-state index contributed by atoms with van der Waals surface area (Å²) in [4.78, 5) is 26.7. The lowest BCUT2D eigenvalue weighted by Crippen LogP contribution is -2.48. The molecule has 1 aliphatic rings. The minimum atomic E-state index is -0.750. The summed E-state index contributed by atoms with van der Waals surface area (Å²) in [5.41, 5.74) is 6.65. The normalized spacial score (nSPS) is 16.0. The fourth-order valence-corrected chi connectivity index (χ4v) is 3.16. The molecule has 6 nitrogen and oxygen atoms in total. The summed E-state index contributed by atoms with van der Waals surface area (Å²) in [6.07, 6.45) is 3.45. The SMILES string of the molecule is CCN(CC)CCNC(=O)c1ccc(NC(=O)C2(N)CCCC2)cc1.